The van der Waals surface area contributed by atoms with Gasteiger partial charge in [0.2, 0.25) is 0 Å². The van der Waals surface area contributed by atoms with Gasteiger partial charge in [-0.3, -0.25) is 23.5 Å². The summed E-state index contributed by atoms with van der Waals surface area (Å²) in [5.41, 5.74) is 7.26. The number of carboxylic acid groups (broad SMARTS) is 1. The zero-order valence-corrected chi connectivity index (χ0v) is 37.4. The fourth-order valence-corrected chi connectivity index (χ4v) is 9.10. The molecule has 3 N–H and O–H groups in total. The Balaban J connectivity index is 0.000000166. The number of carbonyl (C=O) groups is 2. The molecule has 18 heteroatoms. The van der Waals surface area contributed by atoms with E-state index in [0.29, 0.717) is 61.5 Å². The zero-order chi connectivity index (χ0) is 46.1. The van der Waals surface area contributed by atoms with Crippen LogP contribution in [0.25, 0.3) is 53.6 Å². The van der Waals surface area contributed by atoms with E-state index in [0.717, 1.165) is 15.4 Å². The summed E-state index contributed by atoms with van der Waals surface area (Å²) in [5.74, 6) is -0.191. The molecule has 4 aromatic carbocycles. The van der Waals surface area contributed by atoms with E-state index in [4.69, 9.17) is 0 Å². The van der Waals surface area contributed by atoms with Gasteiger partial charge in [-0.25, -0.2) is 34.7 Å². The van der Waals surface area contributed by atoms with E-state index in [-0.39, 0.29) is 34.5 Å². The van der Waals surface area contributed by atoms with Gasteiger partial charge in [0.05, 0.1) is 45.0 Å². The largest absolute Gasteiger partial charge is 0.478 e. The first-order valence-corrected chi connectivity index (χ1v) is 22.3. The Bertz CT molecular complexity index is 3570. The van der Waals surface area contributed by atoms with Crippen molar-refractivity contribution in [3.8, 4) is 11.4 Å². The van der Waals surface area contributed by atoms with Crippen molar-refractivity contribution in [2.75, 3.05) is 24.7 Å². The van der Waals surface area contributed by atoms with Crippen molar-refractivity contribution < 1.29 is 14.7 Å². The minimum Gasteiger partial charge on any atom is -0.478 e. The van der Waals surface area contributed by atoms with Crippen LogP contribution in [0.15, 0.2) is 142 Å². The maximum absolute atomic E-state index is 14.0. The van der Waals surface area contributed by atoms with Crippen LogP contribution in [0.2, 0.25) is 0 Å². The molecule has 0 aliphatic heterocycles. The molecular weight excluding hydrogens is 875 g/mol. The van der Waals surface area contributed by atoms with Crippen LogP contribution in [0.3, 0.4) is 0 Å². The van der Waals surface area contributed by atoms with Crippen LogP contribution in [-0.2, 0) is 0 Å². The second-order valence-corrected chi connectivity index (χ2v) is 17.0. The lowest BCUT2D eigenvalue weighted by Gasteiger charge is -2.22. The van der Waals surface area contributed by atoms with E-state index in [1.807, 2.05) is 92.7 Å². The highest BCUT2D eigenvalue weighted by Gasteiger charge is 2.24. The molecule has 2 atom stereocenters. The SMILES string of the molecule is C[C@H](Nc1ncnc2scnc12)c1cc2cccc(C(=O)N(C)C)c2c(=O)n1-c1ccccc1.C[C@H](Nc1ncnc2scnc12)c1cc2cccc(C(=O)O)c2c(=O)n1-c1ccccc1. The van der Waals surface area contributed by atoms with Gasteiger partial charge in [-0.05, 0) is 73.2 Å². The van der Waals surface area contributed by atoms with Crippen molar-refractivity contribution in [2.45, 2.75) is 25.9 Å². The van der Waals surface area contributed by atoms with Crippen molar-refractivity contribution in [1.29, 1.82) is 0 Å². The summed E-state index contributed by atoms with van der Waals surface area (Å²) in [5, 5.41) is 18.2. The fourth-order valence-electron chi connectivity index (χ4n) is 7.84. The molecule has 0 unspecified atom stereocenters. The average Bonchev–Trinajstić information content (AvgIpc) is 4.03. The fraction of sp³-hybridized carbons (Fsp3) is 0.125. The smallest absolute Gasteiger partial charge is 0.336 e. The lowest BCUT2D eigenvalue weighted by atomic mass is 10.0. The number of pyridine rings is 2. The molecule has 0 bridgehead atoms. The standard InChI is InChI=1S/C25H22N6O2S.C23H17N5O3S/c1-15(29-22-21-23(27-13-26-22)34-14-28-21)19-12-16-8-7-11-18(24(32)30(2)3)20(16)25(33)31(19)17-9-5-4-6-10-17;1-13(27-20-19-21(25-11-24-20)32-12-26-19)17-10-14-6-5-9-16(23(30)31)18(14)22(29)28(17)15-7-3-2-4-8-15/h4-15H,1-3H3,(H,26,27,29);2-13H,1H3,(H,30,31)(H,24,25,27)/t15-;13-/m00/s1. The number of carboxylic acids is 1. The number of aromatic carboxylic acids is 1. The summed E-state index contributed by atoms with van der Waals surface area (Å²) in [6.45, 7) is 3.89. The van der Waals surface area contributed by atoms with Gasteiger partial charge in [-0.1, -0.05) is 60.7 Å². The number of hydrogen-bond donors (Lipinski definition) is 3. The van der Waals surface area contributed by atoms with Crippen molar-refractivity contribution in [1.82, 2.24) is 43.9 Å². The van der Waals surface area contributed by atoms with Crippen LogP contribution in [-0.4, -0.2) is 75.0 Å². The van der Waals surface area contributed by atoms with Crippen LogP contribution in [0.5, 0.6) is 0 Å². The van der Waals surface area contributed by atoms with Crippen molar-refractivity contribution in [2.24, 2.45) is 0 Å². The summed E-state index contributed by atoms with van der Waals surface area (Å²) in [4.78, 5) is 81.2. The summed E-state index contributed by atoms with van der Waals surface area (Å²) in [6.07, 6.45) is 2.97. The number of carbonyl (C=O) groups excluding carboxylic acids is 1. The molecule has 0 fully saturated rings. The van der Waals surface area contributed by atoms with Gasteiger partial charge < -0.3 is 20.6 Å². The highest BCUT2D eigenvalue weighted by molar-refractivity contribution is 7.16. The maximum atomic E-state index is 14.0. The molecule has 1 amide bonds. The molecule has 66 heavy (non-hydrogen) atoms. The molecule has 0 aliphatic rings. The first-order valence-electron chi connectivity index (χ1n) is 20.5. The Hall–Kier alpha value is -8.22. The minimum atomic E-state index is -1.14. The second-order valence-electron chi connectivity index (χ2n) is 15.3. The van der Waals surface area contributed by atoms with E-state index < -0.39 is 11.5 Å². The third-order valence-corrected chi connectivity index (χ3v) is 12.4. The van der Waals surface area contributed by atoms with Crippen molar-refractivity contribution in [3.05, 3.63) is 176 Å². The van der Waals surface area contributed by atoms with Gasteiger partial charge in [-0.2, -0.15) is 0 Å². The zero-order valence-electron chi connectivity index (χ0n) is 35.8. The third kappa shape index (κ3) is 8.10. The Labute approximate surface area is 383 Å². The molecule has 16 nitrogen and oxygen atoms in total. The quantitative estimate of drug-likeness (QED) is 0.118. The number of aromatic nitrogens is 8. The number of nitrogens with one attached hydrogen (secondary N) is 2. The highest BCUT2D eigenvalue weighted by Crippen LogP contribution is 2.30. The van der Waals surface area contributed by atoms with Crippen LogP contribution in [0, 0.1) is 0 Å². The molecule has 0 saturated carbocycles. The van der Waals surface area contributed by atoms with Crippen molar-refractivity contribution in [3.63, 3.8) is 0 Å². The van der Waals surface area contributed by atoms with Crippen LogP contribution < -0.4 is 21.8 Å². The number of rotatable bonds is 10. The number of benzene rings is 4. The maximum Gasteiger partial charge on any atom is 0.336 e. The number of nitrogens with zero attached hydrogens (tertiary/aromatic N) is 9. The topological polar surface area (TPSA) is 203 Å². The number of hydrogen-bond acceptors (Lipinski definition) is 14. The number of fused-ring (bicyclic) bond motifs is 4. The molecular formula is C48H39N11O5S2. The van der Waals surface area contributed by atoms with Gasteiger partial charge >= 0.3 is 5.97 Å². The summed E-state index contributed by atoms with van der Waals surface area (Å²) >= 11 is 2.86. The normalized spacial score (nSPS) is 12.1. The molecule has 6 aromatic heterocycles. The Morgan fingerprint density at radius 3 is 1.47 bits per heavy atom. The van der Waals surface area contributed by atoms with Crippen LogP contribution in [0.4, 0.5) is 11.6 Å². The van der Waals surface area contributed by atoms with Gasteiger partial charge in [0.1, 0.15) is 33.3 Å². The molecule has 6 heterocycles. The molecule has 0 aliphatic carbocycles. The monoisotopic (exact) mass is 913 g/mol. The second kappa shape index (κ2) is 18.1. The molecule has 0 radical (unpaired) electrons. The predicted molar refractivity (Wildman–Crippen MR) is 259 cm³/mol. The Kier molecular flexibility index (Phi) is 11.8. The summed E-state index contributed by atoms with van der Waals surface area (Å²) in [6, 6.07) is 31.9. The Morgan fingerprint density at radius 1 is 0.591 bits per heavy atom. The number of para-hydroxylation sites is 2. The summed E-state index contributed by atoms with van der Waals surface area (Å²) in [7, 11) is 3.36. The van der Waals surface area contributed by atoms with Crippen LogP contribution >= 0.6 is 22.7 Å². The molecule has 10 rings (SSSR count). The lowest BCUT2D eigenvalue weighted by molar-refractivity contribution is 0.0698. The molecule has 0 saturated heterocycles. The van der Waals surface area contributed by atoms with Gasteiger partial charge in [0.15, 0.2) is 11.6 Å². The molecule has 328 valence electrons. The lowest BCUT2D eigenvalue weighted by Crippen LogP contribution is -2.29. The van der Waals surface area contributed by atoms with Crippen molar-refractivity contribution >= 4 is 88.4 Å². The molecule has 0 spiro atoms. The van der Waals surface area contributed by atoms with Gasteiger partial charge in [0.25, 0.3) is 17.0 Å². The number of amides is 1. The minimum absolute atomic E-state index is 0.0238. The van der Waals surface area contributed by atoms with Gasteiger partial charge in [-0.15, -0.1) is 22.7 Å². The van der Waals surface area contributed by atoms with E-state index in [2.05, 4.69) is 40.5 Å². The first kappa shape index (κ1) is 43.1. The number of thiazole rings is 2. The predicted octanol–water partition coefficient (Wildman–Crippen LogP) is 8.53. The van der Waals surface area contributed by atoms with E-state index >= 15 is 0 Å². The third-order valence-electron chi connectivity index (χ3n) is 10.9. The van der Waals surface area contributed by atoms with Crippen LogP contribution in [0.1, 0.15) is 58.0 Å². The van der Waals surface area contributed by atoms with E-state index in [1.54, 1.807) is 58.5 Å². The van der Waals surface area contributed by atoms with Gasteiger partial charge in [0, 0.05) is 36.9 Å². The highest BCUT2D eigenvalue weighted by atomic mass is 32.1. The van der Waals surface area contributed by atoms with E-state index in [9.17, 15) is 24.3 Å². The number of anilines is 2. The Morgan fingerprint density at radius 2 is 1.03 bits per heavy atom. The van der Waals surface area contributed by atoms with E-state index in [1.165, 1.54) is 46.3 Å². The first-order chi connectivity index (χ1) is 32.0. The summed E-state index contributed by atoms with van der Waals surface area (Å²) < 4.78 is 3.21. The average molecular weight is 914 g/mol. The molecule has 10 aromatic rings.